The molecule has 0 spiro atoms. The first-order chi connectivity index (χ1) is 23.8. The van der Waals surface area contributed by atoms with Crippen LogP contribution in [-0.2, 0) is 13.2 Å². The van der Waals surface area contributed by atoms with Crippen LogP contribution in [0, 0.1) is 0 Å². The van der Waals surface area contributed by atoms with Crippen LogP contribution in [0.3, 0.4) is 0 Å². The Bertz CT molecular complexity index is 1880. The van der Waals surface area contributed by atoms with Crippen molar-refractivity contribution in [2.75, 3.05) is 0 Å². The van der Waals surface area contributed by atoms with Crippen LogP contribution in [-0.4, -0.2) is 0 Å². The van der Waals surface area contributed by atoms with E-state index in [4.69, 9.17) is 9.47 Å². The summed E-state index contributed by atoms with van der Waals surface area (Å²) in [5, 5.41) is 7.67. The van der Waals surface area contributed by atoms with E-state index in [2.05, 4.69) is 182 Å². The van der Waals surface area contributed by atoms with E-state index in [-0.39, 0.29) is 0 Å². The Morgan fingerprint density at radius 3 is 0.938 bits per heavy atom. The summed E-state index contributed by atoms with van der Waals surface area (Å²) in [5.74, 6) is 1.73. The second-order valence-electron chi connectivity index (χ2n) is 11.7. The van der Waals surface area contributed by atoms with Crippen LogP contribution >= 0.6 is 15.8 Å². The number of hydrogen-bond donors (Lipinski definition) is 0. The maximum atomic E-state index is 6.87. The molecule has 7 aromatic carbocycles. The molecule has 7 aromatic rings. The zero-order valence-electron chi connectivity index (χ0n) is 26.4. The van der Waals surface area contributed by atoms with Crippen LogP contribution in [0.5, 0.6) is 11.5 Å². The summed E-state index contributed by atoms with van der Waals surface area (Å²) in [6.45, 7) is 0.964. The zero-order chi connectivity index (χ0) is 32.1. The van der Waals surface area contributed by atoms with Gasteiger partial charge in [-0.3, -0.25) is 0 Å². The van der Waals surface area contributed by atoms with E-state index < -0.39 is 15.8 Å². The smallest absolute Gasteiger partial charge is 0.128 e. The van der Waals surface area contributed by atoms with E-state index in [1.54, 1.807) is 0 Å². The predicted molar refractivity (Wildman–Crippen MR) is 204 cm³/mol. The third-order valence-electron chi connectivity index (χ3n) is 8.61. The number of benzene rings is 7. The minimum absolute atomic E-state index is 0.482. The molecule has 48 heavy (non-hydrogen) atoms. The lowest BCUT2D eigenvalue weighted by molar-refractivity contribution is 0.300. The predicted octanol–water partition coefficient (Wildman–Crippen LogP) is 8.34. The highest BCUT2D eigenvalue weighted by atomic mass is 31.1. The molecule has 0 N–H and O–H groups in total. The Balaban J connectivity index is 1.46. The highest BCUT2D eigenvalue weighted by molar-refractivity contribution is 7.80. The van der Waals surface area contributed by atoms with Gasteiger partial charge in [-0.2, -0.15) is 0 Å². The number of fused-ring (bicyclic) bond motifs is 4. The minimum Gasteiger partial charge on any atom is -0.488 e. The van der Waals surface area contributed by atoms with Gasteiger partial charge in [-0.1, -0.05) is 170 Å². The number of hydrogen-bond acceptors (Lipinski definition) is 2. The van der Waals surface area contributed by atoms with Crippen LogP contribution in [0.4, 0.5) is 0 Å². The van der Waals surface area contributed by atoms with Gasteiger partial charge in [0.05, 0.1) is 0 Å². The molecular formula is C44H34O2P2. The molecule has 2 aliphatic rings. The van der Waals surface area contributed by atoms with Crippen molar-refractivity contribution in [3.8, 4) is 22.6 Å². The zero-order valence-corrected chi connectivity index (χ0v) is 28.2. The summed E-state index contributed by atoms with van der Waals surface area (Å²) in [6.07, 6.45) is 0. The maximum absolute atomic E-state index is 6.87. The average molecular weight is 657 g/mol. The van der Waals surface area contributed by atoms with Crippen molar-refractivity contribution in [1.82, 2.24) is 0 Å². The van der Waals surface area contributed by atoms with Crippen molar-refractivity contribution in [2.24, 2.45) is 0 Å². The first-order valence-corrected chi connectivity index (χ1v) is 18.9. The number of ether oxygens (including phenoxy) is 2. The second kappa shape index (κ2) is 14.0. The lowest BCUT2D eigenvalue weighted by Gasteiger charge is -2.29. The lowest BCUT2D eigenvalue weighted by Crippen LogP contribution is -2.26. The van der Waals surface area contributed by atoms with Gasteiger partial charge in [-0.15, -0.1) is 0 Å². The van der Waals surface area contributed by atoms with Gasteiger partial charge in [0.25, 0.3) is 0 Å². The molecule has 2 bridgehead atoms. The molecule has 232 valence electrons. The molecule has 2 nitrogen and oxygen atoms in total. The van der Waals surface area contributed by atoms with Crippen molar-refractivity contribution < 1.29 is 9.47 Å². The summed E-state index contributed by atoms with van der Waals surface area (Å²) in [6, 6.07) is 65.5. The van der Waals surface area contributed by atoms with Gasteiger partial charge in [0, 0.05) is 11.1 Å². The molecule has 0 atom stereocenters. The summed E-state index contributed by atoms with van der Waals surface area (Å²) in [5.41, 5.74) is 4.48. The molecule has 0 fully saturated rings. The molecule has 2 heterocycles. The molecular weight excluding hydrogens is 622 g/mol. The van der Waals surface area contributed by atoms with Crippen molar-refractivity contribution in [1.29, 1.82) is 0 Å². The quantitative estimate of drug-likeness (QED) is 0.168. The SMILES string of the molecule is c1ccc(P(c2ccccc2)c2cccc3c2-c2c(cccc2P(c2ccccc2)c2ccccc2)OCc2ccc(cc2)CO3)cc1. The molecule has 0 unspecified atom stereocenters. The molecule has 0 aliphatic carbocycles. The highest BCUT2D eigenvalue weighted by Gasteiger charge is 2.30. The van der Waals surface area contributed by atoms with Crippen LogP contribution in [0.2, 0.25) is 0 Å². The average Bonchev–Trinajstić information content (AvgIpc) is 3.15. The van der Waals surface area contributed by atoms with Crippen molar-refractivity contribution in [3.05, 3.63) is 193 Å². The lowest BCUT2D eigenvalue weighted by atomic mass is 10.0. The van der Waals surface area contributed by atoms with E-state index in [0.29, 0.717) is 13.2 Å². The molecule has 4 heteroatoms. The summed E-state index contributed by atoms with van der Waals surface area (Å²) in [7, 11) is -1.89. The summed E-state index contributed by atoms with van der Waals surface area (Å²) < 4.78 is 13.7. The van der Waals surface area contributed by atoms with Gasteiger partial charge in [0.15, 0.2) is 0 Å². The van der Waals surface area contributed by atoms with Crippen molar-refractivity contribution >= 4 is 47.7 Å². The Hall–Kier alpha value is -5.00. The van der Waals surface area contributed by atoms with Gasteiger partial charge in [-0.05, 0) is 70.9 Å². The maximum Gasteiger partial charge on any atom is 0.128 e. The Labute approximate surface area is 285 Å². The van der Waals surface area contributed by atoms with Crippen LogP contribution in [0.25, 0.3) is 11.1 Å². The van der Waals surface area contributed by atoms with E-state index >= 15 is 0 Å². The van der Waals surface area contributed by atoms with Crippen molar-refractivity contribution in [2.45, 2.75) is 13.2 Å². The third kappa shape index (κ3) is 6.18. The van der Waals surface area contributed by atoms with E-state index in [1.165, 1.54) is 31.8 Å². The van der Waals surface area contributed by atoms with Crippen molar-refractivity contribution in [3.63, 3.8) is 0 Å². The summed E-state index contributed by atoms with van der Waals surface area (Å²) in [4.78, 5) is 0. The fourth-order valence-corrected chi connectivity index (χ4v) is 11.3. The van der Waals surface area contributed by atoms with Gasteiger partial charge in [0.2, 0.25) is 0 Å². The topological polar surface area (TPSA) is 18.5 Å². The standard InChI is InChI=1S/C44H34O2P2/c1-5-15-35(16-6-1)47(36-17-7-2-8-18-36)41-25-13-23-39-43(41)44-40(46-32-34-29-27-33(28-30-34)31-45-39)24-14-26-42(44)48(37-19-9-3-10-20-37)38-21-11-4-12-22-38/h1-30H,31-32H2. The second-order valence-corrected chi connectivity index (χ2v) is 16.1. The fraction of sp³-hybridized carbons (Fsp3) is 0.0455. The monoisotopic (exact) mass is 656 g/mol. The normalized spacial score (nSPS) is 12.3. The van der Waals surface area contributed by atoms with E-state index in [0.717, 1.165) is 33.8 Å². The molecule has 0 radical (unpaired) electrons. The largest absolute Gasteiger partial charge is 0.488 e. The third-order valence-corrected chi connectivity index (χ3v) is 13.6. The Kier molecular flexibility index (Phi) is 8.85. The molecule has 0 amide bonds. The molecule has 0 saturated heterocycles. The molecule has 0 saturated carbocycles. The van der Waals surface area contributed by atoms with E-state index in [1.807, 2.05) is 0 Å². The first-order valence-electron chi connectivity index (χ1n) is 16.2. The highest BCUT2D eigenvalue weighted by Crippen LogP contribution is 2.47. The Morgan fingerprint density at radius 1 is 0.312 bits per heavy atom. The van der Waals surface area contributed by atoms with E-state index in [9.17, 15) is 0 Å². The van der Waals surface area contributed by atoms with Crippen LogP contribution < -0.4 is 41.3 Å². The number of rotatable bonds is 6. The van der Waals surface area contributed by atoms with Crippen LogP contribution in [0.15, 0.2) is 182 Å². The molecule has 2 aliphatic heterocycles. The van der Waals surface area contributed by atoms with Gasteiger partial charge in [-0.25, -0.2) is 0 Å². The van der Waals surface area contributed by atoms with Gasteiger partial charge >= 0.3 is 0 Å². The van der Waals surface area contributed by atoms with Crippen LogP contribution in [0.1, 0.15) is 11.1 Å². The molecule has 9 rings (SSSR count). The van der Waals surface area contributed by atoms with Gasteiger partial charge < -0.3 is 9.47 Å². The fourth-order valence-electron chi connectivity index (χ4n) is 6.37. The minimum atomic E-state index is -0.947. The first kappa shape index (κ1) is 30.3. The molecule has 0 aromatic heterocycles. The Morgan fingerprint density at radius 2 is 0.625 bits per heavy atom. The van der Waals surface area contributed by atoms with Gasteiger partial charge in [0.1, 0.15) is 24.7 Å². The summed E-state index contributed by atoms with van der Waals surface area (Å²) >= 11 is 0.